The van der Waals surface area contributed by atoms with E-state index in [4.69, 9.17) is 35.4 Å². The van der Waals surface area contributed by atoms with Crippen LogP contribution in [-0.2, 0) is 11.4 Å². The fourth-order valence-corrected chi connectivity index (χ4v) is 3.27. The maximum atomic E-state index is 6.25. The summed E-state index contributed by atoms with van der Waals surface area (Å²) in [6.45, 7) is 1.92. The van der Waals surface area contributed by atoms with E-state index in [1.165, 1.54) is 0 Å². The van der Waals surface area contributed by atoms with Gasteiger partial charge in [-0.15, -0.1) is 0 Å². The first kappa shape index (κ1) is 12.1. The normalized spacial score (nSPS) is 12.6. The smallest absolute Gasteiger partial charge is 0.182 e. The summed E-state index contributed by atoms with van der Waals surface area (Å²) in [7, 11) is 0. The first-order chi connectivity index (χ1) is 8.58. The van der Waals surface area contributed by atoms with Crippen LogP contribution in [0.1, 0.15) is 5.69 Å². The molecule has 0 radical (unpaired) electrons. The number of benzene rings is 1. The zero-order valence-electron chi connectivity index (χ0n) is 9.07. The van der Waals surface area contributed by atoms with Gasteiger partial charge in [0, 0.05) is 11.9 Å². The molecule has 4 nitrogen and oxygen atoms in total. The molecule has 0 aliphatic carbocycles. The first-order valence-corrected chi connectivity index (χ1v) is 6.86. The number of aromatic nitrogens is 2. The van der Waals surface area contributed by atoms with E-state index >= 15 is 0 Å². The Morgan fingerprint density at radius 3 is 2.67 bits per heavy atom. The van der Waals surface area contributed by atoms with Crippen molar-refractivity contribution in [3.63, 3.8) is 0 Å². The molecule has 1 N–H and O–H groups in total. The van der Waals surface area contributed by atoms with Crippen molar-refractivity contribution in [2.24, 2.45) is 8.73 Å². The number of aryl methyl sites for hydroxylation is 1. The molecular formula is C10H6Cl2N4S2. The zero-order valence-corrected chi connectivity index (χ0v) is 12.2. The highest BCUT2D eigenvalue weighted by Crippen LogP contribution is 2.46. The van der Waals surface area contributed by atoms with Gasteiger partial charge in [-0.2, -0.15) is 8.73 Å². The van der Waals surface area contributed by atoms with Gasteiger partial charge in [0.15, 0.2) is 4.77 Å². The molecule has 8 heteroatoms. The molecule has 18 heavy (non-hydrogen) atoms. The number of rotatable bonds is 1. The van der Waals surface area contributed by atoms with E-state index in [2.05, 4.69) is 13.7 Å². The van der Waals surface area contributed by atoms with Crippen LogP contribution >= 0.6 is 35.4 Å². The fourth-order valence-electron chi connectivity index (χ4n) is 1.77. The van der Waals surface area contributed by atoms with Gasteiger partial charge < -0.3 is 4.98 Å². The Morgan fingerprint density at radius 1 is 1.28 bits per heavy atom. The van der Waals surface area contributed by atoms with Gasteiger partial charge in [-0.05, 0) is 25.2 Å². The lowest BCUT2D eigenvalue weighted by Gasteiger charge is -2.09. The average molecular weight is 317 g/mol. The minimum atomic E-state index is 0.492. The van der Waals surface area contributed by atoms with E-state index in [9.17, 15) is 0 Å². The van der Waals surface area contributed by atoms with Gasteiger partial charge in [-0.1, -0.05) is 23.2 Å². The molecule has 0 atom stereocenters. The van der Waals surface area contributed by atoms with Crippen molar-refractivity contribution >= 4 is 58.1 Å². The van der Waals surface area contributed by atoms with Crippen LogP contribution in [0.5, 0.6) is 0 Å². The molecule has 0 saturated carbocycles. The summed E-state index contributed by atoms with van der Waals surface area (Å²) in [4.78, 5) is 3.05. The average Bonchev–Trinajstić information content (AvgIpc) is 2.87. The van der Waals surface area contributed by atoms with Crippen molar-refractivity contribution in [1.82, 2.24) is 9.55 Å². The number of H-pyrrole nitrogens is 1. The molecule has 92 valence electrons. The highest BCUT2D eigenvalue weighted by molar-refractivity contribution is 7.71. The van der Waals surface area contributed by atoms with Gasteiger partial charge in [-0.25, -0.2) is 0 Å². The number of hydrogen-bond donors (Lipinski definition) is 1. The third-order valence-corrected chi connectivity index (χ3v) is 3.91. The van der Waals surface area contributed by atoms with Crippen molar-refractivity contribution in [3.8, 4) is 5.69 Å². The zero-order chi connectivity index (χ0) is 12.9. The van der Waals surface area contributed by atoms with Crippen LogP contribution in [-0.4, -0.2) is 9.55 Å². The van der Waals surface area contributed by atoms with Crippen LogP contribution in [0.15, 0.2) is 21.0 Å². The standard InChI is InChI=1S/C10H6Cl2N4S2/c1-4-3-16(10(17)13-4)9-6(12)2-5(11)7-8(9)15-18-14-7/h2-3H,1H3,(H,13,17). The molecule has 2 heterocycles. The molecule has 0 amide bonds. The van der Waals surface area contributed by atoms with Crippen molar-refractivity contribution in [1.29, 1.82) is 0 Å². The Kier molecular flexibility index (Phi) is 2.90. The van der Waals surface area contributed by atoms with Crippen molar-refractivity contribution < 1.29 is 0 Å². The maximum Gasteiger partial charge on any atom is 0.182 e. The van der Waals surface area contributed by atoms with E-state index in [0.717, 1.165) is 17.0 Å². The van der Waals surface area contributed by atoms with Gasteiger partial charge in [0.05, 0.1) is 27.1 Å². The number of aromatic amines is 1. The van der Waals surface area contributed by atoms with Crippen LogP contribution in [0.25, 0.3) is 5.69 Å². The van der Waals surface area contributed by atoms with Gasteiger partial charge in [0.2, 0.25) is 0 Å². The first-order valence-electron chi connectivity index (χ1n) is 4.97. The second kappa shape index (κ2) is 4.31. The lowest BCUT2D eigenvalue weighted by molar-refractivity contribution is 1.03. The summed E-state index contributed by atoms with van der Waals surface area (Å²) in [5.41, 5.74) is 2.95. The number of nitrogens with one attached hydrogen (secondary N) is 1. The number of hydrogen-bond acceptors (Lipinski definition) is 3. The molecule has 3 rings (SSSR count). The SMILES string of the molecule is Cc1cn(-c2c(Cl)cc(Cl)c3c2N=S=N3)c(=S)[nH]1. The monoisotopic (exact) mass is 316 g/mol. The fraction of sp³-hybridized carbons (Fsp3) is 0.100. The molecule has 2 aromatic rings. The van der Waals surface area contributed by atoms with Gasteiger partial charge in [-0.3, -0.25) is 4.57 Å². The summed E-state index contributed by atoms with van der Waals surface area (Å²) >= 11 is 18.7. The molecule has 1 aliphatic heterocycles. The van der Waals surface area contributed by atoms with E-state index in [1.807, 2.05) is 13.1 Å². The Balaban J connectivity index is 2.38. The summed E-state index contributed by atoms with van der Waals surface area (Å²) in [5, 5.41) is 0.988. The van der Waals surface area contributed by atoms with Gasteiger partial charge in [0.25, 0.3) is 0 Å². The molecular weight excluding hydrogens is 311 g/mol. The predicted octanol–water partition coefficient (Wildman–Crippen LogP) is 4.88. The van der Waals surface area contributed by atoms with E-state index < -0.39 is 0 Å². The van der Waals surface area contributed by atoms with Gasteiger partial charge >= 0.3 is 0 Å². The Morgan fingerprint density at radius 2 is 2.00 bits per heavy atom. The molecule has 1 aliphatic rings. The largest absolute Gasteiger partial charge is 0.335 e. The molecule has 0 bridgehead atoms. The Labute approximate surface area is 121 Å². The quantitative estimate of drug-likeness (QED) is 0.639. The molecule has 0 spiro atoms. The summed E-state index contributed by atoms with van der Waals surface area (Å²) in [6, 6.07) is 1.66. The van der Waals surface area contributed by atoms with Crippen LogP contribution < -0.4 is 0 Å². The highest BCUT2D eigenvalue weighted by Gasteiger charge is 2.20. The molecule has 1 aromatic carbocycles. The van der Waals surface area contributed by atoms with Crippen LogP contribution in [0.3, 0.4) is 0 Å². The molecule has 1 aromatic heterocycles. The van der Waals surface area contributed by atoms with E-state index in [-0.39, 0.29) is 0 Å². The van der Waals surface area contributed by atoms with E-state index in [0.29, 0.717) is 31.9 Å². The third-order valence-electron chi connectivity index (χ3n) is 2.51. The predicted molar refractivity (Wildman–Crippen MR) is 77.3 cm³/mol. The maximum absolute atomic E-state index is 6.25. The summed E-state index contributed by atoms with van der Waals surface area (Å²) in [6.07, 6.45) is 1.87. The van der Waals surface area contributed by atoms with Crippen LogP contribution in [0.2, 0.25) is 10.0 Å². The Hall–Kier alpha value is -0.950. The second-order valence-electron chi connectivity index (χ2n) is 3.76. The third kappa shape index (κ3) is 1.76. The highest BCUT2D eigenvalue weighted by atomic mass is 35.5. The lowest BCUT2D eigenvalue weighted by Crippen LogP contribution is -1.94. The molecule has 0 fully saturated rings. The lowest BCUT2D eigenvalue weighted by atomic mass is 10.2. The van der Waals surface area contributed by atoms with Crippen molar-refractivity contribution in [3.05, 3.63) is 32.8 Å². The topological polar surface area (TPSA) is 45.4 Å². The number of halogens is 2. The molecule has 0 saturated heterocycles. The van der Waals surface area contributed by atoms with Crippen molar-refractivity contribution in [2.75, 3.05) is 0 Å². The van der Waals surface area contributed by atoms with Crippen molar-refractivity contribution in [2.45, 2.75) is 6.92 Å². The Bertz CT molecular complexity index is 784. The van der Waals surface area contributed by atoms with Crippen LogP contribution in [0, 0.1) is 11.7 Å². The number of fused-ring (bicyclic) bond motifs is 1. The number of imidazole rings is 1. The molecule has 0 unspecified atom stereocenters. The van der Waals surface area contributed by atoms with E-state index in [1.54, 1.807) is 10.6 Å². The summed E-state index contributed by atoms with van der Waals surface area (Å²) < 4.78 is 10.8. The minimum Gasteiger partial charge on any atom is -0.335 e. The minimum absolute atomic E-state index is 0.492. The second-order valence-corrected chi connectivity index (χ2v) is 5.49. The summed E-state index contributed by atoms with van der Waals surface area (Å²) in [5.74, 6) is 0. The van der Waals surface area contributed by atoms with Gasteiger partial charge in [0.1, 0.15) is 11.4 Å². The number of nitrogens with zero attached hydrogens (tertiary/aromatic N) is 3. The van der Waals surface area contributed by atoms with Crippen LogP contribution in [0.4, 0.5) is 11.4 Å².